The van der Waals surface area contributed by atoms with Crippen molar-refractivity contribution in [1.29, 1.82) is 0 Å². The van der Waals surface area contributed by atoms with E-state index in [-0.39, 0.29) is 5.75 Å². The number of unbranched alkanes of at least 4 members (excludes halogenated alkanes) is 1. The van der Waals surface area contributed by atoms with Gasteiger partial charge in [-0.2, -0.15) is 8.78 Å². The monoisotopic (exact) mass is 343 g/mol. The number of aliphatic imine (C=N–C) groups is 1. The molecule has 0 aliphatic rings. The van der Waals surface area contributed by atoms with Gasteiger partial charge in [-0.25, -0.2) is 4.99 Å². The summed E-state index contributed by atoms with van der Waals surface area (Å²) in [4.78, 5) is 4.46. The minimum absolute atomic E-state index is 0.145. The van der Waals surface area contributed by atoms with E-state index in [1.165, 1.54) is 6.07 Å². The number of benzene rings is 1. The van der Waals surface area contributed by atoms with Crippen LogP contribution in [0, 0.1) is 0 Å². The maximum absolute atomic E-state index is 12.2. The molecular formula is C17H27F2N3O2. The number of ether oxygens (including phenoxy) is 2. The van der Waals surface area contributed by atoms with E-state index in [0.717, 1.165) is 44.7 Å². The highest BCUT2D eigenvalue weighted by Crippen LogP contribution is 2.16. The van der Waals surface area contributed by atoms with Gasteiger partial charge in [0.2, 0.25) is 0 Å². The molecule has 1 rings (SSSR count). The third-order valence-corrected chi connectivity index (χ3v) is 3.10. The standard InChI is InChI=1S/C17H27F2N3O2/c1-3-20-17(21-10-5-6-11-23-4-2)22-13-14-8-7-9-15(12-14)24-16(18)19/h7-9,12,16H,3-6,10-11,13H2,1-2H3,(H2,20,21,22). The quantitative estimate of drug-likeness (QED) is 0.368. The molecule has 0 atom stereocenters. The zero-order valence-electron chi connectivity index (χ0n) is 14.4. The van der Waals surface area contributed by atoms with Gasteiger partial charge in [-0.15, -0.1) is 0 Å². The van der Waals surface area contributed by atoms with Crippen LogP contribution in [0.4, 0.5) is 8.78 Å². The predicted molar refractivity (Wildman–Crippen MR) is 91.6 cm³/mol. The molecular weight excluding hydrogens is 316 g/mol. The van der Waals surface area contributed by atoms with Crippen LogP contribution in [-0.4, -0.2) is 38.9 Å². The number of hydrogen-bond donors (Lipinski definition) is 2. The SMILES string of the molecule is CCNC(=NCc1cccc(OC(F)F)c1)NCCCCOCC. The Balaban J connectivity index is 2.46. The van der Waals surface area contributed by atoms with Crippen LogP contribution in [0.25, 0.3) is 0 Å². The Morgan fingerprint density at radius 1 is 1.21 bits per heavy atom. The Morgan fingerprint density at radius 3 is 2.75 bits per heavy atom. The molecule has 1 aromatic rings. The number of alkyl halides is 2. The molecule has 0 heterocycles. The Hall–Kier alpha value is -1.89. The molecule has 2 N–H and O–H groups in total. The van der Waals surface area contributed by atoms with Gasteiger partial charge in [0.05, 0.1) is 6.54 Å². The summed E-state index contributed by atoms with van der Waals surface area (Å²) >= 11 is 0. The topological polar surface area (TPSA) is 54.9 Å². The molecule has 7 heteroatoms. The van der Waals surface area contributed by atoms with Gasteiger partial charge < -0.3 is 20.1 Å². The molecule has 0 amide bonds. The third-order valence-electron chi connectivity index (χ3n) is 3.10. The minimum Gasteiger partial charge on any atom is -0.435 e. The summed E-state index contributed by atoms with van der Waals surface area (Å²) in [5.41, 5.74) is 0.807. The van der Waals surface area contributed by atoms with Crippen molar-refractivity contribution < 1.29 is 18.3 Å². The average molecular weight is 343 g/mol. The third kappa shape index (κ3) is 9.29. The second-order valence-electron chi connectivity index (χ2n) is 5.05. The second-order valence-corrected chi connectivity index (χ2v) is 5.05. The molecule has 0 bridgehead atoms. The molecule has 0 aromatic heterocycles. The smallest absolute Gasteiger partial charge is 0.387 e. The summed E-state index contributed by atoms with van der Waals surface area (Å²) in [6.45, 7) is 4.59. The molecule has 0 unspecified atom stereocenters. The predicted octanol–water partition coefficient (Wildman–Crippen LogP) is 3.16. The van der Waals surface area contributed by atoms with Gasteiger partial charge in [0, 0.05) is 26.3 Å². The first kappa shape index (κ1) is 20.2. The van der Waals surface area contributed by atoms with Crippen molar-refractivity contribution in [2.45, 2.75) is 39.8 Å². The first-order valence-electron chi connectivity index (χ1n) is 8.29. The van der Waals surface area contributed by atoms with Gasteiger partial charge in [-0.1, -0.05) is 12.1 Å². The second kappa shape index (κ2) is 12.5. The van der Waals surface area contributed by atoms with Gasteiger partial charge >= 0.3 is 6.61 Å². The lowest BCUT2D eigenvalue weighted by Gasteiger charge is -2.11. The lowest BCUT2D eigenvalue weighted by molar-refractivity contribution is -0.0498. The van der Waals surface area contributed by atoms with E-state index in [2.05, 4.69) is 20.4 Å². The van der Waals surface area contributed by atoms with Crippen LogP contribution < -0.4 is 15.4 Å². The van der Waals surface area contributed by atoms with Crippen molar-refractivity contribution in [2.24, 2.45) is 4.99 Å². The van der Waals surface area contributed by atoms with E-state index in [1.54, 1.807) is 12.1 Å². The number of halogens is 2. The fourth-order valence-corrected chi connectivity index (χ4v) is 2.01. The molecule has 136 valence electrons. The fraction of sp³-hybridized carbons (Fsp3) is 0.588. The summed E-state index contributed by atoms with van der Waals surface area (Å²) in [6, 6.07) is 6.58. The zero-order valence-corrected chi connectivity index (χ0v) is 14.4. The summed E-state index contributed by atoms with van der Waals surface area (Å²) in [6.07, 6.45) is 1.98. The highest BCUT2D eigenvalue weighted by Gasteiger charge is 2.04. The van der Waals surface area contributed by atoms with E-state index in [4.69, 9.17) is 4.74 Å². The lowest BCUT2D eigenvalue weighted by Crippen LogP contribution is -2.37. The molecule has 0 spiro atoms. The van der Waals surface area contributed by atoms with E-state index in [0.29, 0.717) is 12.5 Å². The summed E-state index contributed by atoms with van der Waals surface area (Å²) in [7, 11) is 0. The largest absolute Gasteiger partial charge is 0.435 e. The first-order valence-corrected chi connectivity index (χ1v) is 8.29. The number of nitrogens with one attached hydrogen (secondary N) is 2. The molecule has 0 radical (unpaired) electrons. The van der Waals surface area contributed by atoms with Gasteiger partial charge in [-0.05, 0) is 44.4 Å². The van der Waals surface area contributed by atoms with Crippen LogP contribution >= 0.6 is 0 Å². The van der Waals surface area contributed by atoms with Crippen LogP contribution in [0.15, 0.2) is 29.3 Å². The maximum atomic E-state index is 12.2. The summed E-state index contributed by atoms with van der Waals surface area (Å²) in [5.74, 6) is 0.848. The number of rotatable bonds is 11. The van der Waals surface area contributed by atoms with E-state index >= 15 is 0 Å². The summed E-state index contributed by atoms with van der Waals surface area (Å²) < 4.78 is 34.2. The van der Waals surface area contributed by atoms with Crippen LogP contribution in [0.3, 0.4) is 0 Å². The van der Waals surface area contributed by atoms with E-state index < -0.39 is 6.61 Å². The van der Waals surface area contributed by atoms with Crippen molar-refractivity contribution >= 4 is 5.96 Å². The van der Waals surface area contributed by atoms with Gasteiger partial charge in [0.1, 0.15) is 5.75 Å². The van der Waals surface area contributed by atoms with Crippen molar-refractivity contribution in [2.75, 3.05) is 26.3 Å². The highest BCUT2D eigenvalue weighted by atomic mass is 19.3. The Labute approximate surface area is 142 Å². The number of nitrogens with zero attached hydrogens (tertiary/aromatic N) is 1. The summed E-state index contributed by atoms with van der Waals surface area (Å²) in [5, 5.41) is 6.40. The molecule has 0 fully saturated rings. The molecule has 0 saturated carbocycles. The lowest BCUT2D eigenvalue weighted by atomic mass is 10.2. The average Bonchev–Trinajstić information content (AvgIpc) is 2.55. The van der Waals surface area contributed by atoms with E-state index in [1.807, 2.05) is 19.9 Å². The molecule has 1 aromatic carbocycles. The maximum Gasteiger partial charge on any atom is 0.387 e. The van der Waals surface area contributed by atoms with Gasteiger partial charge in [0.25, 0.3) is 0 Å². The number of guanidine groups is 1. The normalized spacial score (nSPS) is 11.6. The van der Waals surface area contributed by atoms with Crippen LogP contribution in [0.2, 0.25) is 0 Å². The van der Waals surface area contributed by atoms with E-state index in [9.17, 15) is 8.78 Å². The fourth-order valence-electron chi connectivity index (χ4n) is 2.01. The number of hydrogen-bond acceptors (Lipinski definition) is 3. The van der Waals surface area contributed by atoms with Crippen molar-refractivity contribution in [3.8, 4) is 5.75 Å². The van der Waals surface area contributed by atoms with Crippen LogP contribution in [0.1, 0.15) is 32.3 Å². The van der Waals surface area contributed by atoms with Crippen molar-refractivity contribution in [3.05, 3.63) is 29.8 Å². The Morgan fingerprint density at radius 2 is 2.04 bits per heavy atom. The Kier molecular flexibility index (Phi) is 10.5. The minimum atomic E-state index is -2.82. The molecule has 24 heavy (non-hydrogen) atoms. The molecule has 0 aliphatic heterocycles. The molecule has 0 aliphatic carbocycles. The van der Waals surface area contributed by atoms with Crippen LogP contribution in [-0.2, 0) is 11.3 Å². The van der Waals surface area contributed by atoms with Crippen molar-refractivity contribution in [1.82, 2.24) is 10.6 Å². The zero-order chi connectivity index (χ0) is 17.6. The first-order chi connectivity index (χ1) is 11.7. The Bertz CT molecular complexity index is 485. The van der Waals surface area contributed by atoms with Crippen molar-refractivity contribution in [3.63, 3.8) is 0 Å². The van der Waals surface area contributed by atoms with Gasteiger partial charge in [0.15, 0.2) is 5.96 Å². The van der Waals surface area contributed by atoms with Crippen LogP contribution in [0.5, 0.6) is 5.75 Å². The molecule has 0 saturated heterocycles. The highest BCUT2D eigenvalue weighted by molar-refractivity contribution is 5.79. The molecule has 5 nitrogen and oxygen atoms in total. The van der Waals surface area contributed by atoms with Gasteiger partial charge in [-0.3, -0.25) is 0 Å².